The second-order valence-electron chi connectivity index (χ2n) is 7.08. The van der Waals surface area contributed by atoms with E-state index < -0.39 is 6.17 Å². The zero-order valence-electron chi connectivity index (χ0n) is 17.4. The molecule has 1 N–H and O–H groups in total. The predicted molar refractivity (Wildman–Crippen MR) is 117 cm³/mol. The number of nitrogens with zero attached hydrogens (tertiary/aromatic N) is 1. The molecule has 0 radical (unpaired) electrons. The second-order valence-corrected chi connectivity index (χ2v) is 7.08. The summed E-state index contributed by atoms with van der Waals surface area (Å²) >= 11 is 0. The van der Waals surface area contributed by atoms with Gasteiger partial charge in [0.15, 0.2) is 11.5 Å². The van der Waals surface area contributed by atoms with Crippen molar-refractivity contribution in [2.75, 3.05) is 31.5 Å². The highest BCUT2D eigenvalue weighted by Crippen LogP contribution is 2.41. The van der Waals surface area contributed by atoms with Crippen molar-refractivity contribution in [3.63, 3.8) is 0 Å². The number of anilines is 2. The average molecular weight is 404 g/mol. The van der Waals surface area contributed by atoms with Gasteiger partial charge in [0, 0.05) is 11.8 Å². The van der Waals surface area contributed by atoms with Crippen LogP contribution in [-0.2, 0) is 0 Å². The van der Waals surface area contributed by atoms with E-state index in [0.29, 0.717) is 22.7 Å². The van der Waals surface area contributed by atoms with E-state index in [-0.39, 0.29) is 5.91 Å². The van der Waals surface area contributed by atoms with Crippen molar-refractivity contribution in [1.82, 2.24) is 0 Å². The molecule has 1 amide bonds. The molecule has 0 spiro atoms. The van der Waals surface area contributed by atoms with Crippen LogP contribution in [0.5, 0.6) is 17.2 Å². The summed E-state index contributed by atoms with van der Waals surface area (Å²) in [6, 6.07) is 19.1. The summed E-state index contributed by atoms with van der Waals surface area (Å²) in [6.45, 7) is 2.02. The van der Waals surface area contributed by atoms with Gasteiger partial charge in [-0.05, 0) is 42.8 Å². The van der Waals surface area contributed by atoms with E-state index in [0.717, 1.165) is 22.6 Å². The summed E-state index contributed by atoms with van der Waals surface area (Å²) in [6.07, 6.45) is -0.392. The van der Waals surface area contributed by atoms with Crippen molar-refractivity contribution in [2.45, 2.75) is 13.1 Å². The minimum Gasteiger partial charge on any atom is -0.497 e. The van der Waals surface area contributed by atoms with Gasteiger partial charge in [-0.1, -0.05) is 29.8 Å². The SMILES string of the molecule is COc1ccc(C2Nc3cc(OC)c(OC)cc3C(=O)N2c2ccc(C)cc2)cc1. The molecule has 1 heterocycles. The molecule has 0 fully saturated rings. The molecule has 1 aliphatic heterocycles. The molecule has 3 aromatic carbocycles. The van der Waals surface area contributed by atoms with Crippen LogP contribution in [0, 0.1) is 6.92 Å². The van der Waals surface area contributed by atoms with Gasteiger partial charge in [-0.25, -0.2) is 0 Å². The topological polar surface area (TPSA) is 60.0 Å². The quantitative estimate of drug-likeness (QED) is 0.662. The van der Waals surface area contributed by atoms with E-state index in [1.165, 1.54) is 0 Å². The van der Waals surface area contributed by atoms with E-state index in [1.807, 2.05) is 55.5 Å². The van der Waals surface area contributed by atoms with E-state index >= 15 is 0 Å². The zero-order chi connectivity index (χ0) is 21.3. The molecular weight excluding hydrogens is 380 g/mol. The van der Waals surface area contributed by atoms with Gasteiger partial charge in [0.25, 0.3) is 5.91 Å². The maximum Gasteiger partial charge on any atom is 0.262 e. The average Bonchev–Trinajstić information content (AvgIpc) is 2.79. The number of amides is 1. The molecule has 154 valence electrons. The van der Waals surface area contributed by atoms with E-state index in [4.69, 9.17) is 14.2 Å². The number of carbonyl (C=O) groups is 1. The van der Waals surface area contributed by atoms with Crippen LogP contribution in [0.4, 0.5) is 11.4 Å². The molecule has 1 atom stereocenters. The largest absolute Gasteiger partial charge is 0.497 e. The first-order valence-electron chi connectivity index (χ1n) is 9.62. The van der Waals surface area contributed by atoms with Crippen LogP contribution in [0.25, 0.3) is 0 Å². The third-order valence-corrected chi connectivity index (χ3v) is 5.27. The maximum absolute atomic E-state index is 13.6. The molecule has 1 unspecified atom stereocenters. The van der Waals surface area contributed by atoms with Crippen LogP contribution in [-0.4, -0.2) is 27.2 Å². The Morgan fingerprint density at radius 2 is 1.47 bits per heavy atom. The number of benzene rings is 3. The van der Waals surface area contributed by atoms with E-state index in [2.05, 4.69) is 5.32 Å². The van der Waals surface area contributed by atoms with Crippen LogP contribution in [0.15, 0.2) is 60.7 Å². The molecular formula is C24H24N2O4. The molecule has 0 aliphatic carbocycles. The lowest BCUT2D eigenvalue weighted by molar-refractivity contribution is 0.0974. The summed E-state index contributed by atoms with van der Waals surface area (Å²) in [7, 11) is 4.77. The highest BCUT2D eigenvalue weighted by atomic mass is 16.5. The standard InChI is InChI=1S/C24H24N2O4/c1-15-5-9-17(10-6-15)26-23(16-7-11-18(28-2)12-8-16)25-20-14-22(30-4)21(29-3)13-19(20)24(26)27/h5-14,23,25H,1-4H3. The Bertz CT molecular complexity index is 1060. The van der Waals surface area contributed by atoms with Crippen molar-refractivity contribution in [3.05, 3.63) is 77.4 Å². The lowest BCUT2D eigenvalue weighted by Crippen LogP contribution is -2.43. The first-order chi connectivity index (χ1) is 14.5. The summed E-state index contributed by atoms with van der Waals surface area (Å²) in [5.41, 5.74) is 4.09. The van der Waals surface area contributed by atoms with Gasteiger partial charge in [0.2, 0.25) is 0 Å². The number of hydrogen-bond acceptors (Lipinski definition) is 5. The first-order valence-corrected chi connectivity index (χ1v) is 9.62. The van der Waals surface area contributed by atoms with Crippen molar-refractivity contribution in [3.8, 4) is 17.2 Å². The molecule has 4 rings (SSSR count). The predicted octanol–water partition coefficient (Wildman–Crippen LogP) is 4.79. The first kappa shape index (κ1) is 19.6. The lowest BCUT2D eigenvalue weighted by atomic mass is 10.0. The molecule has 0 saturated heterocycles. The number of ether oxygens (including phenoxy) is 3. The summed E-state index contributed by atoms with van der Waals surface area (Å²) in [5.74, 6) is 1.72. The molecule has 30 heavy (non-hydrogen) atoms. The highest BCUT2D eigenvalue weighted by molar-refractivity contribution is 6.12. The Labute approximate surface area is 176 Å². The van der Waals surface area contributed by atoms with Crippen LogP contribution in [0.2, 0.25) is 0 Å². The van der Waals surface area contributed by atoms with Crippen molar-refractivity contribution < 1.29 is 19.0 Å². The molecule has 6 nitrogen and oxygen atoms in total. The van der Waals surface area contributed by atoms with Gasteiger partial charge in [-0.2, -0.15) is 0 Å². The second kappa shape index (κ2) is 7.99. The van der Waals surface area contributed by atoms with E-state index in [1.54, 1.807) is 38.4 Å². The van der Waals surface area contributed by atoms with Gasteiger partial charge in [0.1, 0.15) is 11.9 Å². The molecule has 0 bridgehead atoms. The highest BCUT2D eigenvalue weighted by Gasteiger charge is 2.35. The maximum atomic E-state index is 13.6. The third kappa shape index (κ3) is 3.41. The number of nitrogens with one attached hydrogen (secondary N) is 1. The fourth-order valence-corrected chi connectivity index (χ4v) is 3.62. The summed E-state index contributed by atoms with van der Waals surface area (Å²) < 4.78 is 16.1. The van der Waals surface area contributed by atoms with Crippen molar-refractivity contribution in [2.24, 2.45) is 0 Å². The van der Waals surface area contributed by atoms with Crippen molar-refractivity contribution >= 4 is 17.3 Å². The minimum atomic E-state index is -0.392. The zero-order valence-corrected chi connectivity index (χ0v) is 17.4. The number of carbonyl (C=O) groups excluding carboxylic acids is 1. The smallest absolute Gasteiger partial charge is 0.262 e. The number of rotatable bonds is 5. The lowest BCUT2D eigenvalue weighted by Gasteiger charge is -2.38. The molecule has 6 heteroatoms. The van der Waals surface area contributed by atoms with Gasteiger partial charge >= 0.3 is 0 Å². The van der Waals surface area contributed by atoms with Crippen LogP contribution in [0.3, 0.4) is 0 Å². The van der Waals surface area contributed by atoms with Gasteiger partial charge in [-0.3, -0.25) is 9.69 Å². The Hall–Kier alpha value is -3.67. The van der Waals surface area contributed by atoms with Gasteiger partial charge < -0.3 is 19.5 Å². The number of fused-ring (bicyclic) bond motifs is 1. The Morgan fingerprint density at radius 1 is 0.833 bits per heavy atom. The molecule has 0 aromatic heterocycles. The van der Waals surface area contributed by atoms with E-state index in [9.17, 15) is 4.79 Å². The Kier molecular flexibility index (Phi) is 5.23. The van der Waals surface area contributed by atoms with Crippen LogP contribution < -0.4 is 24.4 Å². The minimum absolute atomic E-state index is 0.116. The number of methoxy groups -OCH3 is 3. The molecule has 1 aliphatic rings. The number of hydrogen-bond donors (Lipinski definition) is 1. The number of aryl methyl sites for hydroxylation is 1. The monoisotopic (exact) mass is 404 g/mol. The normalized spacial score (nSPS) is 15.3. The van der Waals surface area contributed by atoms with Gasteiger partial charge in [0.05, 0.1) is 32.6 Å². The van der Waals surface area contributed by atoms with Gasteiger partial charge in [-0.15, -0.1) is 0 Å². The molecule has 0 saturated carbocycles. The summed E-state index contributed by atoms with van der Waals surface area (Å²) in [5, 5.41) is 3.50. The fourth-order valence-electron chi connectivity index (χ4n) is 3.62. The third-order valence-electron chi connectivity index (χ3n) is 5.27. The fraction of sp³-hybridized carbons (Fsp3) is 0.208. The Balaban J connectivity index is 1.85. The summed E-state index contributed by atoms with van der Waals surface area (Å²) in [4.78, 5) is 15.4. The van der Waals surface area contributed by atoms with Crippen LogP contribution in [0.1, 0.15) is 27.7 Å². The molecule has 3 aromatic rings. The van der Waals surface area contributed by atoms with Crippen molar-refractivity contribution in [1.29, 1.82) is 0 Å². The Morgan fingerprint density at radius 3 is 2.07 bits per heavy atom. The van der Waals surface area contributed by atoms with Crippen LogP contribution >= 0.6 is 0 Å².